The fourth-order valence-corrected chi connectivity index (χ4v) is 3.21. The van der Waals surface area contributed by atoms with Crippen LogP contribution in [-0.2, 0) is 7.05 Å². The predicted octanol–water partition coefficient (Wildman–Crippen LogP) is 2.67. The molecule has 0 bridgehead atoms. The minimum absolute atomic E-state index is 0.382. The van der Waals surface area contributed by atoms with Gasteiger partial charge in [0.15, 0.2) is 0 Å². The van der Waals surface area contributed by atoms with Crippen molar-refractivity contribution in [3.05, 3.63) is 30.3 Å². The summed E-state index contributed by atoms with van der Waals surface area (Å²) in [6, 6.07) is 9.94. The molecule has 0 spiro atoms. The average molecular weight is 238 g/mol. The smallest absolute Gasteiger partial charge is 0.300 e. The molecule has 2 rings (SSSR count). The molecule has 0 aliphatic rings. The summed E-state index contributed by atoms with van der Waals surface area (Å²) in [6.07, 6.45) is 2.01. The molecule has 0 unspecified atom stereocenters. The van der Waals surface area contributed by atoms with Crippen molar-refractivity contribution in [3.63, 3.8) is 0 Å². The van der Waals surface area contributed by atoms with Crippen molar-refractivity contribution >= 4 is 23.1 Å². The summed E-state index contributed by atoms with van der Waals surface area (Å²) in [4.78, 5) is 0. The van der Waals surface area contributed by atoms with Gasteiger partial charge in [-0.2, -0.15) is 4.57 Å². The Balaban J connectivity index is 2.58. The van der Waals surface area contributed by atoms with Crippen LogP contribution in [0.4, 0.5) is 0 Å². The highest BCUT2D eigenvalue weighted by Crippen LogP contribution is 2.35. The molecule has 1 aromatic carbocycles. The molecule has 4 heteroatoms. The lowest BCUT2D eigenvalue weighted by Gasteiger charge is -1.95. The molecule has 0 fully saturated rings. The van der Waals surface area contributed by atoms with E-state index in [9.17, 15) is 5.11 Å². The first-order chi connectivity index (χ1) is 7.24. The number of rotatable bonds is 2. The summed E-state index contributed by atoms with van der Waals surface area (Å²) in [5, 5.41) is 10.3. The SMILES string of the molecule is CSc1sc(O)c(-c2ccccc2)[n+]1C. The molecular formula is C11H12NOS2+. The van der Waals surface area contributed by atoms with Gasteiger partial charge in [0.2, 0.25) is 0 Å². The molecule has 0 amide bonds. The Bertz CT molecular complexity index is 465. The van der Waals surface area contributed by atoms with E-state index in [1.807, 2.05) is 48.2 Å². The molecular weight excluding hydrogens is 226 g/mol. The van der Waals surface area contributed by atoms with E-state index in [0.29, 0.717) is 5.06 Å². The Morgan fingerprint density at radius 1 is 1.27 bits per heavy atom. The molecule has 15 heavy (non-hydrogen) atoms. The van der Waals surface area contributed by atoms with E-state index in [4.69, 9.17) is 0 Å². The second-order valence-electron chi connectivity index (χ2n) is 3.15. The van der Waals surface area contributed by atoms with E-state index >= 15 is 0 Å². The van der Waals surface area contributed by atoms with Gasteiger partial charge in [-0.15, -0.1) is 0 Å². The fraction of sp³-hybridized carbons (Fsp3) is 0.182. The number of hydrogen-bond acceptors (Lipinski definition) is 3. The zero-order chi connectivity index (χ0) is 10.8. The lowest BCUT2D eigenvalue weighted by atomic mass is 10.2. The Labute approximate surface area is 97.2 Å². The Morgan fingerprint density at radius 3 is 2.47 bits per heavy atom. The first-order valence-corrected chi connectivity index (χ1v) is 6.59. The van der Waals surface area contributed by atoms with Gasteiger partial charge >= 0.3 is 4.34 Å². The highest BCUT2D eigenvalue weighted by Gasteiger charge is 2.23. The number of thioether (sulfide) groups is 1. The maximum atomic E-state index is 9.88. The van der Waals surface area contributed by atoms with Crippen LogP contribution in [-0.4, -0.2) is 11.4 Å². The van der Waals surface area contributed by atoms with Crippen LogP contribution < -0.4 is 4.57 Å². The van der Waals surface area contributed by atoms with Crippen molar-refractivity contribution < 1.29 is 9.67 Å². The third kappa shape index (κ3) is 1.87. The van der Waals surface area contributed by atoms with Crippen molar-refractivity contribution in [3.8, 4) is 16.3 Å². The molecule has 78 valence electrons. The molecule has 0 saturated heterocycles. The third-order valence-corrected chi connectivity index (χ3v) is 4.43. The van der Waals surface area contributed by atoms with Crippen LogP contribution >= 0.6 is 23.1 Å². The van der Waals surface area contributed by atoms with Gasteiger partial charge in [-0.25, -0.2) is 0 Å². The van der Waals surface area contributed by atoms with Gasteiger partial charge in [-0.1, -0.05) is 18.2 Å². The second kappa shape index (κ2) is 4.24. The van der Waals surface area contributed by atoms with Crippen LogP contribution in [0.15, 0.2) is 34.7 Å². The zero-order valence-corrected chi connectivity index (χ0v) is 10.2. The Hall–Kier alpha value is -1.00. The zero-order valence-electron chi connectivity index (χ0n) is 8.60. The number of hydrogen-bond donors (Lipinski definition) is 1. The first-order valence-electron chi connectivity index (χ1n) is 4.55. The molecule has 0 radical (unpaired) electrons. The largest absolute Gasteiger partial charge is 0.495 e. The maximum absolute atomic E-state index is 9.88. The second-order valence-corrected chi connectivity index (χ2v) is 5.18. The van der Waals surface area contributed by atoms with E-state index in [1.54, 1.807) is 11.8 Å². The number of aromatic hydroxyl groups is 1. The number of nitrogens with zero attached hydrogens (tertiary/aromatic N) is 1. The lowest BCUT2D eigenvalue weighted by molar-refractivity contribution is -0.691. The number of aromatic nitrogens is 1. The van der Waals surface area contributed by atoms with Crippen LogP contribution in [0, 0.1) is 0 Å². The highest BCUT2D eigenvalue weighted by molar-refractivity contribution is 8.00. The summed E-state index contributed by atoms with van der Waals surface area (Å²) in [6.45, 7) is 0. The molecule has 0 aliphatic heterocycles. The van der Waals surface area contributed by atoms with Crippen molar-refractivity contribution in [2.45, 2.75) is 4.34 Å². The van der Waals surface area contributed by atoms with Crippen molar-refractivity contribution in [1.29, 1.82) is 0 Å². The summed E-state index contributed by atoms with van der Waals surface area (Å²) >= 11 is 3.06. The highest BCUT2D eigenvalue weighted by atomic mass is 32.2. The minimum atomic E-state index is 0.382. The van der Waals surface area contributed by atoms with E-state index < -0.39 is 0 Å². The summed E-state index contributed by atoms with van der Waals surface area (Å²) in [7, 11) is 1.98. The van der Waals surface area contributed by atoms with Gasteiger partial charge in [0.25, 0.3) is 10.8 Å². The van der Waals surface area contributed by atoms with Crippen LogP contribution in [0.25, 0.3) is 11.3 Å². The van der Waals surface area contributed by atoms with Gasteiger partial charge < -0.3 is 5.11 Å². The Kier molecular flexibility index (Phi) is 2.98. The molecule has 2 aromatic rings. The lowest BCUT2D eigenvalue weighted by Crippen LogP contribution is -2.30. The summed E-state index contributed by atoms with van der Waals surface area (Å²) in [5.74, 6) is 0. The summed E-state index contributed by atoms with van der Waals surface area (Å²) < 4.78 is 3.13. The quantitative estimate of drug-likeness (QED) is 0.642. The molecule has 0 aliphatic carbocycles. The molecule has 2 nitrogen and oxygen atoms in total. The number of thiazole rings is 1. The van der Waals surface area contributed by atoms with Gasteiger partial charge in [0, 0.05) is 0 Å². The van der Waals surface area contributed by atoms with Crippen LogP contribution in [0.1, 0.15) is 0 Å². The van der Waals surface area contributed by atoms with E-state index in [1.165, 1.54) is 11.3 Å². The monoisotopic (exact) mass is 238 g/mol. The van der Waals surface area contributed by atoms with Crippen molar-refractivity contribution in [1.82, 2.24) is 0 Å². The Morgan fingerprint density at radius 2 is 1.93 bits per heavy atom. The molecule has 1 aromatic heterocycles. The summed E-state index contributed by atoms with van der Waals surface area (Å²) in [5.41, 5.74) is 1.94. The standard InChI is InChI=1S/C11H11NOS2/c1-12-9(8-6-4-3-5-7-8)10(13)15-11(12)14-2/h3-7H,1-2H3/p+1. The maximum Gasteiger partial charge on any atom is 0.300 e. The van der Waals surface area contributed by atoms with Gasteiger partial charge in [-0.05, 0) is 41.5 Å². The van der Waals surface area contributed by atoms with Crippen molar-refractivity contribution in [2.75, 3.05) is 6.26 Å². The topological polar surface area (TPSA) is 24.1 Å². The normalized spacial score (nSPS) is 10.5. The van der Waals surface area contributed by atoms with Crippen LogP contribution in [0.2, 0.25) is 0 Å². The van der Waals surface area contributed by atoms with Gasteiger partial charge in [0.05, 0.1) is 5.56 Å². The van der Waals surface area contributed by atoms with E-state index in [-0.39, 0.29) is 0 Å². The molecule has 1 heterocycles. The first kappa shape index (κ1) is 10.5. The van der Waals surface area contributed by atoms with Crippen LogP contribution in [0.3, 0.4) is 0 Å². The van der Waals surface area contributed by atoms with E-state index in [2.05, 4.69) is 0 Å². The van der Waals surface area contributed by atoms with Crippen molar-refractivity contribution in [2.24, 2.45) is 7.05 Å². The third-order valence-electron chi connectivity index (χ3n) is 2.22. The average Bonchev–Trinajstić information content (AvgIpc) is 2.55. The molecule has 0 atom stereocenters. The van der Waals surface area contributed by atoms with Crippen LogP contribution in [0.5, 0.6) is 5.06 Å². The van der Waals surface area contributed by atoms with E-state index in [0.717, 1.165) is 15.6 Å². The number of benzene rings is 1. The predicted molar refractivity (Wildman–Crippen MR) is 64.4 cm³/mol. The minimum Gasteiger partial charge on any atom is -0.495 e. The fourth-order valence-electron chi connectivity index (χ4n) is 1.53. The van der Waals surface area contributed by atoms with Gasteiger partial charge in [0.1, 0.15) is 7.05 Å². The molecule has 0 saturated carbocycles. The van der Waals surface area contributed by atoms with Gasteiger partial charge in [-0.3, -0.25) is 0 Å². The molecule has 1 N–H and O–H groups in total.